The zero-order valence-corrected chi connectivity index (χ0v) is 15.6. The topological polar surface area (TPSA) is 129 Å². The number of rotatable bonds is 5. The molecule has 148 valence electrons. The Morgan fingerprint density at radius 2 is 1.86 bits per heavy atom. The molecule has 3 aromatic rings. The molecule has 3 heterocycles. The van der Waals surface area contributed by atoms with E-state index in [1.807, 2.05) is 44.2 Å². The Balaban J connectivity index is 1.69. The molecule has 1 aliphatic heterocycles. The monoisotopic (exact) mass is 385 g/mol. The maximum atomic E-state index is 10.8. The van der Waals surface area contributed by atoms with E-state index >= 15 is 0 Å². The minimum Gasteiger partial charge on any atom is -0.387 e. The Bertz CT molecular complexity index is 948. The first-order chi connectivity index (χ1) is 13.5. The molecule has 1 fully saturated rings. The van der Waals surface area contributed by atoms with Crippen molar-refractivity contribution < 1.29 is 19.7 Å². The molecule has 0 aliphatic carbocycles. The smallest absolute Gasteiger partial charge is 0.167 e. The number of benzene rings is 1. The third kappa shape index (κ3) is 3.22. The quantitative estimate of drug-likeness (QED) is 0.597. The van der Waals surface area contributed by atoms with Gasteiger partial charge in [-0.05, 0) is 19.4 Å². The summed E-state index contributed by atoms with van der Waals surface area (Å²) in [5, 5.41) is 21.5. The fourth-order valence-corrected chi connectivity index (χ4v) is 3.50. The Labute approximate surface area is 161 Å². The largest absolute Gasteiger partial charge is 0.387 e. The number of hydrogen-bond donors (Lipinski definition) is 3. The summed E-state index contributed by atoms with van der Waals surface area (Å²) in [6.45, 7) is 3.82. The molecular weight excluding hydrogens is 362 g/mol. The number of ether oxygens (including phenoxy) is 2. The summed E-state index contributed by atoms with van der Waals surface area (Å²) in [5.74, 6) is 0.235. The highest BCUT2D eigenvalue weighted by Crippen LogP contribution is 2.39. The highest BCUT2D eigenvalue weighted by molar-refractivity contribution is 5.81. The van der Waals surface area contributed by atoms with Crippen molar-refractivity contribution in [1.29, 1.82) is 0 Å². The van der Waals surface area contributed by atoms with Crippen LogP contribution in [0.5, 0.6) is 0 Å². The first-order valence-electron chi connectivity index (χ1n) is 9.12. The Morgan fingerprint density at radius 1 is 1.11 bits per heavy atom. The summed E-state index contributed by atoms with van der Waals surface area (Å²) in [5.41, 5.74) is 7.53. The van der Waals surface area contributed by atoms with Crippen LogP contribution in [-0.2, 0) is 9.47 Å². The van der Waals surface area contributed by atoms with E-state index in [0.29, 0.717) is 11.2 Å². The molecule has 0 bridgehead atoms. The molecule has 4 rings (SSSR count). The standard InChI is InChI=1S/C19H23N5O4/c1-10(2)27-15(11-6-4-3-5-7-11)16-13(25)14(26)19(28-16)24-9-23-12-17(20)21-8-22-18(12)24/h3-10,13-16,19,25-26H,1-2H3,(H2,20,21,22)/t13-,14+,15+,16-,19+/m0/s1. The van der Waals surface area contributed by atoms with Crippen molar-refractivity contribution in [2.75, 3.05) is 5.73 Å². The van der Waals surface area contributed by atoms with Crippen LogP contribution in [-0.4, -0.2) is 54.1 Å². The van der Waals surface area contributed by atoms with Gasteiger partial charge in [-0.25, -0.2) is 15.0 Å². The number of aliphatic hydroxyl groups is 2. The summed E-state index contributed by atoms with van der Waals surface area (Å²) in [7, 11) is 0. The third-order valence-electron chi connectivity index (χ3n) is 4.78. The number of anilines is 1. The van der Waals surface area contributed by atoms with E-state index in [-0.39, 0.29) is 11.9 Å². The summed E-state index contributed by atoms with van der Waals surface area (Å²) in [4.78, 5) is 12.3. The van der Waals surface area contributed by atoms with Gasteiger partial charge in [-0.1, -0.05) is 30.3 Å². The molecule has 2 aromatic heterocycles. The van der Waals surface area contributed by atoms with Gasteiger partial charge in [-0.15, -0.1) is 0 Å². The molecule has 28 heavy (non-hydrogen) atoms. The van der Waals surface area contributed by atoms with Crippen LogP contribution in [0.4, 0.5) is 5.82 Å². The number of nitrogens with two attached hydrogens (primary N) is 1. The first kappa shape index (κ1) is 18.8. The van der Waals surface area contributed by atoms with Crippen molar-refractivity contribution in [3.63, 3.8) is 0 Å². The predicted octanol–water partition coefficient (Wildman–Crippen LogP) is 1.19. The number of aliphatic hydroxyl groups excluding tert-OH is 2. The van der Waals surface area contributed by atoms with Gasteiger partial charge in [-0.3, -0.25) is 4.57 Å². The van der Waals surface area contributed by atoms with E-state index in [0.717, 1.165) is 5.56 Å². The molecule has 1 aliphatic rings. The summed E-state index contributed by atoms with van der Waals surface area (Å²) < 4.78 is 13.7. The van der Waals surface area contributed by atoms with Gasteiger partial charge in [0.1, 0.15) is 36.3 Å². The molecule has 1 aromatic carbocycles. The van der Waals surface area contributed by atoms with Gasteiger partial charge in [0, 0.05) is 0 Å². The van der Waals surface area contributed by atoms with Gasteiger partial charge in [0.25, 0.3) is 0 Å². The van der Waals surface area contributed by atoms with Crippen molar-refractivity contribution in [1.82, 2.24) is 19.5 Å². The highest BCUT2D eigenvalue weighted by Gasteiger charge is 2.48. The Morgan fingerprint density at radius 3 is 2.57 bits per heavy atom. The van der Waals surface area contributed by atoms with Crippen molar-refractivity contribution in [3.8, 4) is 0 Å². The summed E-state index contributed by atoms with van der Waals surface area (Å²) in [6.07, 6.45) is -1.88. The van der Waals surface area contributed by atoms with Crippen molar-refractivity contribution in [3.05, 3.63) is 48.5 Å². The molecular formula is C19H23N5O4. The molecule has 0 radical (unpaired) electrons. The minimum absolute atomic E-state index is 0.0983. The number of fused-ring (bicyclic) bond motifs is 1. The average molecular weight is 385 g/mol. The lowest BCUT2D eigenvalue weighted by Crippen LogP contribution is -2.36. The van der Waals surface area contributed by atoms with Crippen LogP contribution in [0, 0.1) is 0 Å². The van der Waals surface area contributed by atoms with E-state index < -0.39 is 30.6 Å². The normalized spacial score (nSPS) is 26.2. The number of hydrogen-bond acceptors (Lipinski definition) is 8. The minimum atomic E-state index is -1.19. The lowest BCUT2D eigenvalue weighted by atomic mass is 9.99. The van der Waals surface area contributed by atoms with Gasteiger partial charge in [0.05, 0.1) is 12.4 Å². The second-order valence-electron chi connectivity index (χ2n) is 7.07. The predicted molar refractivity (Wildman–Crippen MR) is 101 cm³/mol. The average Bonchev–Trinajstić information content (AvgIpc) is 3.23. The van der Waals surface area contributed by atoms with Gasteiger partial charge in [-0.2, -0.15) is 0 Å². The zero-order chi connectivity index (χ0) is 19.8. The van der Waals surface area contributed by atoms with Crippen LogP contribution < -0.4 is 5.73 Å². The van der Waals surface area contributed by atoms with E-state index in [2.05, 4.69) is 15.0 Å². The second-order valence-corrected chi connectivity index (χ2v) is 7.07. The molecule has 0 saturated carbocycles. The van der Waals surface area contributed by atoms with Gasteiger partial charge < -0.3 is 25.4 Å². The molecule has 4 N–H and O–H groups in total. The molecule has 5 atom stereocenters. The van der Waals surface area contributed by atoms with Crippen molar-refractivity contribution in [2.24, 2.45) is 0 Å². The van der Waals surface area contributed by atoms with E-state index in [1.54, 1.807) is 4.57 Å². The summed E-state index contributed by atoms with van der Waals surface area (Å²) in [6, 6.07) is 9.50. The number of imidazole rings is 1. The van der Waals surface area contributed by atoms with Crippen molar-refractivity contribution >= 4 is 17.0 Å². The molecule has 0 amide bonds. The Kier molecular flexibility index (Phi) is 4.98. The van der Waals surface area contributed by atoms with E-state index in [9.17, 15) is 10.2 Å². The van der Waals surface area contributed by atoms with Crippen LogP contribution >= 0.6 is 0 Å². The SMILES string of the molecule is CC(C)O[C@H](c1ccccc1)[C@H]1O[C@@H](n2cnc3c(N)ncnc32)[C@H](O)[C@@H]1O. The first-order valence-corrected chi connectivity index (χ1v) is 9.12. The second kappa shape index (κ2) is 7.44. The van der Waals surface area contributed by atoms with Crippen LogP contribution in [0.1, 0.15) is 31.7 Å². The maximum absolute atomic E-state index is 10.8. The van der Waals surface area contributed by atoms with Crippen molar-refractivity contribution in [2.45, 2.75) is 50.6 Å². The third-order valence-corrected chi connectivity index (χ3v) is 4.78. The van der Waals surface area contributed by atoms with Gasteiger partial charge in [0.2, 0.25) is 0 Å². The molecule has 0 unspecified atom stereocenters. The lowest BCUT2D eigenvalue weighted by molar-refractivity contribution is -0.124. The molecule has 9 heteroatoms. The van der Waals surface area contributed by atoms with Gasteiger partial charge in [0.15, 0.2) is 17.7 Å². The number of nitrogen functional groups attached to an aromatic ring is 1. The fourth-order valence-electron chi connectivity index (χ4n) is 3.50. The molecule has 0 spiro atoms. The lowest BCUT2D eigenvalue weighted by Gasteiger charge is -2.28. The van der Waals surface area contributed by atoms with Gasteiger partial charge >= 0.3 is 0 Å². The highest BCUT2D eigenvalue weighted by atomic mass is 16.6. The molecule has 9 nitrogen and oxygen atoms in total. The van der Waals surface area contributed by atoms with E-state index in [1.165, 1.54) is 12.7 Å². The van der Waals surface area contributed by atoms with Crippen LogP contribution in [0.15, 0.2) is 43.0 Å². The summed E-state index contributed by atoms with van der Waals surface area (Å²) >= 11 is 0. The van der Waals surface area contributed by atoms with Crippen LogP contribution in [0.2, 0.25) is 0 Å². The van der Waals surface area contributed by atoms with Crippen LogP contribution in [0.3, 0.4) is 0 Å². The fraction of sp³-hybridized carbons (Fsp3) is 0.421. The van der Waals surface area contributed by atoms with Crippen LogP contribution in [0.25, 0.3) is 11.2 Å². The zero-order valence-electron chi connectivity index (χ0n) is 15.6. The molecule has 1 saturated heterocycles. The Hall–Kier alpha value is -2.59. The number of aromatic nitrogens is 4. The maximum Gasteiger partial charge on any atom is 0.167 e. The van der Waals surface area contributed by atoms with E-state index in [4.69, 9.17) is 15.2 Å². The number of nitrogens with zero attached hydrogens (tertiary/aromatic N) is 4.